The molecule has 0 aliphatic heterocycles. The molecule has 0 fully saturated rings. The van der Waals surface area contributed by atoms with E-state index >= 15 is 0 Å². The molecule has 2 N–H and O–H groups in total. The number of aliphatic carboxylic acids is 1. The smallest absolute Gasteiger partial charge is 0.391 e. The number of nitrogens with one attached hydrogen (secondary N) is 1. The molecule has 0 spiro atoms. The van der Waals surface area contributed by atoms with Gasteiger partial charge in [-0.2, -0.15) is 13.2 Å². The Hall–Kier alpha value is -1.76. The average Bonchev–Trinajstić information content (AvgIpc) is 2.38. The van der Waals surface area contributed by atoms with Gasteiger partial charge in [-0.15, -0.1) is 0 Å². The Balaban J connectivity index is 2.69. The average molecular weight is 338 g/mol. The zero-order valence-electron chi connectivity index (χ0n) is 11.7. The molecule has 0 bridgehead atoms. The molecule has 8 heteroatoms. The highest BCUT2D eigenvalue weighted by Crippen LogP contribution is 2.22. The summed E-state index contributed by atoms with van der Waals surface area (Å²) < 4.78 is 36.9. The summed E-state index contributed by atoms with van der Waals surface area (Å²) in [6, 6.07) is 4.75. The number of rotatable bonds is 6. The van der Waals surface area contributed by atoms with E-state index in [0.29, 0.717) is 10.6 Å². The van der Waals surface area contributed by atoms with Gasteiger partial charge in [-0.3, -0.25) is 4.79 Å². The number of hydrogen-bond acceptors (Lipinski definition) is 2. The van der Waals surface area contributed by atoms with Gasteiger partial charge in [-0.1, -0.05) is 36.7 Å². The van der Waals surface area contributed by atoms with Crippen LogP contribution in [0.5, 0.6) is 0 Å². The predicted octanol–water partition coefficient (Wildman–Crippen LogP) is 3.04. The molecule has 2 atom stereocenters. The highest BCUT2D eigenvalue weighted by molar-refractivity contribution is 6.31. The van der Waals surface area contributed by atoms with Gasteiger partial charge in [-0.25, -0.2) is 4.79 Å². The van der Waals surface area contributed by atoms with Crippen molar-refractivity contribution < 1.29 is 27.9 Å². The van der Waals surface area contributed by atoms with Crippen LogP contribution in [0.3, 0.4) is 0 Å². The van der Waals surface area contributed by atoms with Crippen LogP contribution < -0.4 is 5.32 Å². The van der Waals surface area contributed by atoms with Crippen molar-refractivity contribution >= 4 is 23.5 Å². The molecule has 0 saturated heterocycles. The highest BCUT2D eigenvalue weighted by atomic mass is 35.5. The molecule has 22 heavy (non-hydrogen) atoms. The van der Waals surface area contributed by atoms with E-state index in [-0.39, 0.29) is 6.42 Å². The van der Waals surface area contributed by atoms with E-state index in [9.17, 15) is 22.8 Å². The minimum absolute atomic E-state index is 0.198. The van der Waals surface area contributed by atoms with E-state index in [4.69, 9.17) is 16.7 Å². The molecule has 0 radical (unpaired) electrons. The van der Waals surface area contributed by atoms with Gasteiger partial charge in [0.05, 0.1) is 6.42 Å². The number of carbonyl (C=O) groups is 2. The maximum Gasteiger partial charge on any atom is 0.391 e. The number of carboxylic acids is 1. The van der Waals surface area contributed by atoms with Crippen molar-refractivity contribution in [2.45, 2.75) is 32.0 Å². The quantitative estimate of drug-likeness (QED) is 0.838. The number of amides is 1. The molecule has 0 aromatic heterocycles. The van der Waals surface area contributed by atoms with Gasteiger partial charge >= 0.3 is 12.1 Å². The van der Waals surface area contributed by atoms with Crippen molar-refractivity contribution in [2.75, 3.05) is 0 Å². The third kappa shape index (κ3) is 5.93. The van der Waals surface area contributed by atoms with Gasteiger partial charge in [-0.05, 0) is 18.1 Å². The molecular formula is C14H15ClF3NO3. The molecule has 122 valence electrons. The number of alkyl halides is 3. The summed E-state index contributed by atoms with van der Waals surface area (Å²) in [5.74, 6) is -3.21. The molecule has 4 nitrogen and oxygen atoms in total. The number of hydrogen-bond donors (Lipinski definition) is 2. The van der Waals surface area contributed by atoms with E-state index in [1.54, 1.807) is 24.3 Å². The van der Waals surface area contributed by atoms with Crippen molar-refractivity contribution in [2.24, 2.45) is 5.92 Å². The van der Waals surface area contributed by atoms with Gasteiger partial charge in [0, 0.05) is 10.9 Å². The van der Waals surface area contributed by atoms with Crippen LogP contribution in [0.25, 0.3) is 0 Å². The summed E-state index contributed by atoms with van der Waals surface area (Å²) in [5.41, 5.74) is 0.662. The molecule has 0 aliphatic carbocycles. The van der Waals surface area contributed by atoms with Crippen LogP contribution in [0, 0.1) is 5.92 Å². The molecule has 1 rings (SSSR count). The minimum Gasteiger partial charge on any atom is -0.480 e. The fourth-order valence-electron chi connectivity index (χ4n) is 1.83. The zero-order chi connectivity index (χ0) is 16.9. The monoisotopic (exact) mass is 337 g/mol. The van der Waals surface area contributed by atoms with Crippen molar-refractivity contribution in [1.29, 1.82) is 0 Å². The summed E-state index contributed by atoms with van der Waals surface area (Å²) in [4.78, 5) is 22.7. The third-order valence-electron chi connectivity index (χ3n) is 2.98. The Labute approximate surface area is 130 Å². The van der Waals surface area contributed by atoms with Crippen LogP contribution in [0.15, 0.2) is 24.3 Å². The van der Waals surface area contributed by atoms with Crippen molar-refractivity contribution in [3.8, 4) is 0 Å². The summed E-state index contributed by atoms with van der Waals surface area (Å²) in [5, 5.41) is 11.1. The Kier molecular flexibility index (Phi) is 6.22. The number of halogens is 4. The first-order valence-corrected chi connectivity index (χ1v) is 6.81. The lowest BCUT2D eigenvalue weighted by Gasteiger charge is -2.19. The fourth-order valence-corrected chi connectivity index (χ4v) is 2.04. The van der Waals surface area contributed by atoms with E-state index in [1.165, 1.54) is 6.92 Å². The first-order chi connectivity index (χ1) is 10.1. The maximum absolute atomic E-state index is 12.3. The number of carbonyl (C=O) groups excluding carboxylic acids is 1. The fraction of sp³-hybridized carbons (Fsp3) is 0.429. The Morgan fingerprint density at radius 2 is 1.91 bits per heavy atom. The third-order valence-corrected chi connectivity index (χ3v) is 3.35. The van der Waals surface area contributed by atoms with Crippen LogP contribution >= 0.6 is 11.6 Å². The Morgan fingerprint density at radius 1 is 1.32 bits per heavy atom. The molecule has 1 aromatic rings. The molecule has 2 unspecified atom stereocenters. The first kappa shape index (κ1) is 18.3. The van der Waals surface area contributed by atoms with Crippen molar-refractivity contribution in [3.63, 3.8) is 0 Å². The van der Waals surface area contributed by atoms with E-state index in [0.717, 1.165) is 0 Å². The van der Waals surface area contributed by atoms with Gasteiger partial charge in [0.2, 0.25) is 5.91 Å². The zero-order valence-corrected chi connectivity index (χ0v) is 12.4. The van der Waals surface area contributed by atoms with Crippen molar-refractivity contribution in [3.05, 3.63) is 34.9 Å². The molecule has 0 saturated carbocycles. The number of carboxylic acid groups (broad SMARTS) is 1. The first-order valence-electron chi connectivity index (χ1n) is 6.43. The van der Waals surface area contributed by atoms with Crippen LogP contribution in [0.4, 0.5) is 13.2 Å². The van der Waals surface area contributed by atoms with Gasteiger partial charge in [0.15, 0.2) is 0 Å². The lowest BCUT2D eigenvalue weighted by atomic mass is 9.99. The van der Waals surface area contributed by atoms with Gasteiger partial charge in [0.25, 0.3) is 0 Å². The lowest BCUT2D eigenvalue weighted by Crippen LogP contribution is -2.45. The molecule has 1 aromatic carbocycles. The summed E-state index contributed by atoms with van der Waals surface area (Å²) in [6.45, 7) is 1.49. The Bertz CT molecular complexity index is 548. The maximum atomic E-state index is 12.3. The molecule has 0 aliphatic rings. The SMILES string of the molecule is CC(Cc1ccccc1Cl)C(=O)NC(CC(F)(F)F)C(=O)O. The second-order valence-electron chi connectivity index (χ2n) is 4.92. The van der Waals surface area contributed by atoms with Gasteiger partial charge < -0.3 is 10.4 Å². The lowest BCUT2D eigenvalue weighted by molar-refractivity contribution is -0.160. The molecule has 1 amide bonds. The predicted molar refractivity (Wildman–Crippen MR) is 74.6 cm³/mol. The minimum atomic E-state index is -4.68. The van der Waals surface area contributed by atoms with E-state index < -0.39 is 36.4 Å². The standard InChI is InChI=1S/C14H15ClF3NO3/c1-8(6-9-4-2-3-5-10(9)15)12(20)19-11(13(21)22)7-14(16,17)18/h2-5,8,11H,6-7H2,1H3,(H,19,20)(H,21,22). The topological polar surface area (TPSA) is 66.4 Å². The Morgan fingerprint density at radius 3 is 2.41 bits per heavy atom. The highest BCUT2D eigenvalue weighted by Gasteiger charge is 2.36. The summed E-state index contributed by atoms with van der Waals surface area (Å²) >= 11 is 5.94. The van der Waals surface area contributed by atoms with Crippen LogP contribution in [-0.2, 0) is 16.0 Å². The summed E-state index contributed by atoms with van der Waals surface area (Å²) in [6.07, 6.45) is -6.10. The summed E-state index contributed by atoms with van der Waals surface area (Å²) in [7, 11) is 0. The molecular weight excluding hydrogens is 323 g/mol. The van der Waals surface area contributed by atoms with E-state index in [1.807, 2.05) is 5.32 Å². The van der Waals surface area contributed by atoms with Gasteiger partial charge in [0.1, 0.15) is 6.04 Å². The van der Waals surface area contributed by atoms with Crippen LogP contribution in [-0.4, -0.2) is 29.2 Å². The van der Waals surface area contributed by atoms with Crippen LogP contribution in [0.2, 0.25) is 5.02 Å². The number of benzene rings is 1. The van der Waals surface area contributed by atoms with E-state index in [2.05, 4.69) is 0 Å². The second kappa shape index (κ2) is 7.49. The van der Waals surface area contributed by atoms with Crippen molar-refractivity contribution in [1.82, 2.24) is 5.32 Å². The largest absolute Gasteiger partial charge is 0.480 e. The second-order valence-corrected chi connectivity index (χ2v) is 5.32. The van der Waals surface area contributed by atoms with Crippen LogP contribution in [0.1, 0.15) is 18.9 Å². The molecule has 0 heterocycles. The normalized spacial score (nSPS) is 14.2.